The summed E-state index contributed by atoms with van der Waals surface area (Å²) in [6, 6.07) is 81.2. The first-order valence-electron chi connectivity index (χ1n) is 22.2. The number of hydrogen-bond donors (Lipinski definition) is 0. The topological polar surface area (TPSA) is 35.9 Å². The molecule has 0 aliphatic carbocycles. The van der Waals surface area contributed by atoms with Crippen molar-refractivity contribution in [1.29, 1.82) is 0 Å². The zero-order chi connectivity index (χ0) is 42.6. The van der Waals surface area contributed by atoms with Gasteiger partial charge in [0.05, 0.1) is 22.1 Å². The molecule has 0 radical (unpaired) electrons. The van der Waals surface area contributed by atoms with Crippen molar-refractivity contribution in [3.05, 3.63) is 224 Å². The largest absolute Gasteiger partial charge is 0.436 e. The summed E-state index contributed by atoms with van der Waals surface area (Å²) in [5.41, 5.74) is 14.1. The highest BCUT2D eigenvalue weighted by molar-refractivity contribution is 6.26. The molecule has 0 fully saturated rings. The maximum atomic E-state index is 6.42. The van der Waals surface area contributed by atoms with E-state index in [1.54, 1.807) is 0 Å². The van der Waals surface area contributed by atoms with Crippen molar-refractivity contribution >= 4 is 87.0 Å². The Hall–Kier alpha value is -8.73. The van der Waals surface area contributed by atoms with Gasteiger partial charge in [0, 0.05) is 38.5 Å². The molecule has 0 N–H and O–H groups in total. The number of oxazole rings is 1. The highest BCUT2D eigenvalue weighted by Gasteiger charge is 2.19. The zero-order valence-corrected chi connectivity index (χ0v) is 35.1. The van der Waals surface area contributed by atoms with Gasteiger partial charge in [-0.15, -0.1) is 0 Å². The van der Waals surface area contributed by atoms with Crippen LogP contribution in [0.4, 0.5) is 0 Å². The molecule has 0 saturated carbocycles. The lowest BCUT2D eigenvalue weighted by molar-refractivity contribution is 0.620. The van der Waals surface area contributed by atoms with E-state index in [9.17, 15) is 0 Å². The van der Waals surface area contributed by atoms with Crippen LogP contribution in [0.3, 0.4) is 0 Å². The Morgan fingerprint density at radius 1 is 0.277 bits per heavy atom. The third-order valence-corrected chi connectivity index (χ3v) is 13.5. The van der Waals surface area contributed by atoms with Crippen molar-refractivity contribution in [2.75, 3.05) is 0 Å². The van der Waals surface area contributed by atoms with E-state index in [1.165, 1.54) is 70.8 Å². The average Bonchev–Trinajstić information content (AvgIpc) is 4.05. The molecule has 4 nitrogen and oxygen atoms in total. The summed E-state index contributed by atoms with van der Waals surface area (Å²) in [6.07, 6.45) is 0. The van der Waals surface area contributed by atoms with Crippen LogP contribution in [-0.2, 0) is 0 Å². The standard InChI is InChI=1S/C61H37N3O/c1-3-13-39(14-4-1)61-62-55-37-59-54(36-60(55)65-61)53-35-42(27-32-58(53)64(59)43-15-5-2-6-16-43)41-26-31-57-52(34-41)50-21-11-12-22-56(50)63(57)44-28-23-38(24-29-44)40-25-30-49-47-19-8-7-17-45(47)46-18-9-10-20-48(46)51(49)33-40/h1-37H. The van der Waals surface area contributed by atoms with Gasteiger partial charge in [0.15, 0.2) is 5.58 Å². The lowest BCUT2D eigenvalue weighted by atomic mass is 9.92. The average molecular weight is 828 g/mol. The Balaban J connectivity index is 0.880. The number of aromatic nitrogens is 3. The molecular formula is C61H37N3O. The van der Waals surface area contributed by atoms with Crippen LogP contribution in [0.15, 0.2) is 229 Å². The lowest BCUT2D eigenvalue weighted by Gasteiger charge is -2.13. The van der Waals surface area contributed by atoms with E-state index in [0.717, 1.165) is 55.4 Å². The van der Waals surface area contributed by atoms with Gasteiger partial charge in [-0.05, 0) is 140 Å². The summed E-state index contributed by atoms with van der Waals surface area (Å²) in [7, 11) is 0. The van der Waals surface area contributed by atoms with Crippen molar-refractivity contribution in [3.63, 3.8) is 0 Å². The van der Waals surface area contributed by atoms with E-state index in [2.05, 4.69) is 203 Å². The first-order valence-corrected chi connectivity index (χ1v) is 22.2. The van der Waals surface area contributed by atoms with Gasteiger partial charge in [0.2, 0.25) is 5.89 Å². The summed E-state index contributed by atoms with van der Waals surface area (Å²) in [5, 5.41) is 12.5. The number of para-hydroxylation sites is 2. The van der Waals surface area contributed by atoms with Crippen LogP contribution in [0.1, 0.15) is 0 Å². The summed E-state index contributed by atoms with van der Waals surface area (Å²) in [4.78, 5) is 4.94. The molecule has 0 spiro atoms. The molecular weight excluding hydrogens is 791 g/mol. The van der Waals surface area contributed by atoms with Gasteiger partial charge in [-0.2, -0.15) is 0 Å². The monoisotopic (exact) mass is 827 g/mol. The highest BCUT2D eigenvalue weighted by Crippen LogP contribution is 2.41. The molecule has 4 heteroatoms. The second kappa shape index (κ2) is 13.9. The molecule has 0 unspecified atom stereocenters. The molecule has 0 aliphatic rings. The third kappa shape index (κ3) is 5.47. The minimum Gasteiger partial charge on any atom is -0.436 e. The number of rotatable bonds is 5. The van der Waals surface area contributed by atoms with E-state index >= 15 is 0 Å². The second-order valence-corrected chi connectivity index (χ2v) is 17.1. The Kier molecular flexibility index (Phi) is 7.65. The Labute approximate surface area is 373 Å². The molecule has 0 amide bonds. The molecule has 0 aliphatic heterocycles. The minimum atomic E-state index is 0.626. The maximum Gasteiger partial charge on any atom is 0.227 e. The minimum absolute atomic E-state index is 0.626. The van der Waals surface area contributed by atoms with Crippen LogP contribution in [-0.4, -0.2) is 14.1 Å². The van der Waals surface area contributed by atoms with E-state index in [4.69, 9.17) is 9.40 Å². The van der Waals surface area contributed by atoms with E-state index in [-0.39, 0.29) is 0 Å². The Bertz CT molecular complexity index is 4180. The Morgan fingerprint density at radius 3 is 1.40 bits per heavy atom. The van der Waals surface area contributed by atoms with Gasteiger partial charge in [-0.3, -0.25) is 0 Å². The molecule has 14 rings (SSSR count). The number of fused-ring (bicyclic) bond motifs is 13. The molecule has 0 saturated heterocycles. The molecule has 0 bridgehead atoms. The van der Waals surface area contributed by atoms with Crippen LogP contribution >= 0.6 is 0 Å². The lowest BCUT2D eigenvalue weighted by Crippen LogP contribution is -1.94. The summed E-state index contributed by atoms with van der Waals surface area (Å²) >= 11 is 0. The molecule has 65 heavy (non-hydrogen) atoms. The van der Waals surface area contributed by atoms with Crippen LogP contribution in [0, 0.1) is 0 Å². The molecule has 302 valence electrons. The third-order valence-electron chi connectivity index (χ3n) is 13.5. The first kappa shape index (κ1) is 35.8. The molecule has 0 atom stereocenters. The van der Waals surface area contributed by atoms with Crippen molar-refractivity contribution in [1.82, 2.24) is 14.1 Å². The van der Waals surface area contributed by atoms with Gasteiger partial charge in [-0.25, -0.2) is 4.98 Å². The predicted molar refractivity (Wildman–Crippen MR) is 272 cm³/mol. The van der Waals surface area contributed by atoms with Gasteiger partial charge in [0.25, 0.3) is 0 Å². The SMILES string of the molecule is c1ccc(-c2nc3cc4c(cc3o2)c2cc(-c3ccc5c(c3)c3ccccc3n5-c3ccc(-c5ccc6c7ccccc7c7ccccc7c6c5)cc3)ccc2n4-c2ccccc2)cc1. The second-order valence-electron chi connectivity index (χ2n) is 17.1. The molecule has 11 aromatic carbocycles. The fraction of sp³-hybridized carbons (Fsp3) is 0. The molecule has 3 heterocycles. The van der Waals surface area contributed by atoms with E-state index < -0.39 is 0 Å². The fourth-order valence-electron chi connectivity index (χ4n) is 10.5. The Morgan fingerprint density at radius 2 is 0.723 bits per heavy atom. The maximum absolute atomic E-state index is 6.42. The molecule has 14 aromatic rings. The fourth-order valence-corrected chi connectivity index (χ4v) is 10.5. The van der Waals surface area contributed by atoms with Crippen LogP contribution in [0.2, 0.25) is 0 Å². The van der Waals surface area contributed by atoms with Gasteiger partial charge in [0.1, 0.15) is 5.52 Å². The van der Waals surface area contributed by atoms with Gasteiger partial charge in [-0.1, -0.05) is 140 Å². The molecule has 3 aromatic heterocycles. The number of benzene rings is 11. The van der Waals surface area contributed by atoms with Crippen LogP contribution in [0.25, 0.3) is 132 Å². The smallest absolute Gasteiger partial charge is 0.227 e. The summed E-state index contributed by atoms with van der Waals surface area (Å²) in [6.45, 7) is 0. The summed E-state index contributed by atoms with van der Waals surface area (Å²) < 4.78 is 11.2. The van der Waals surface area contributed by atoms with Gasteiger partial charge >= 0.3 is 0 Å². The van der Waals surface area contributed by atoms with E-state index in [1.807, 2.05) is 30.3 Å². The van der Waals surface area contributed by atoms with Crippen LogP contribution in [0.5, 0.6) is 0 Å². The van der Waals surface area contributed by atoms with Crippen molar-refractivity contribution in [3.8, 4) is 45.1 Å². The van der Waals surface area contributed by atoms with Crippen molar-refractivity contribution in [2.24, 2.45) is 0 Å². The normalized spacial score (nSPS) is 12.0. The highest BCUT2D eigenvalue weighted by atomic mass is 16.3. The van der Waals surface area contributed by atoms with Crippen molar-refractivity contribution < 1.29 is 4.42 Å². The first-order chi connectivity index (χ1) is 32.2. The predicted octanol–water partition coefficient (Wildman–Crippen LogP) is 16.5. The van der Waals surface area contributed by atoms with Crippen LogP contribution < -0.4 is 0 Å². The quantitative estimate of drug-likeness (QED) is 0.162. The number of nitrogens with zero attached hydrogens (tertiary/aromatic N) is 3. The van der Waals surface area contributed by atoms with Crippen molar-refractivity contribution in [2.45, 2.75) is 0 Å². The van der Waals surface area contributed by atoms with Gasteiger partial charge < -0.3 is 13.6 Å². The number of hydrogen-bond acceptors (Lipinski definition) is 2. The zero-order valence-electron chi connectivity index (χ0n) is 35.1. The summed E-state index contributed by atoms with van der Waals surface area (Å²) in [5.74, 6) is 0.626. The van der Waals surface area contributed by atoms with E-state index in [0.29, 0.717) is 5.89 Å².